The van der Waals surface area contributed by atoms with Gasteiger partial charge in [-0.3, -0.25) is 4.67 Å². The fourth-order valence-corrected chi connectivity index (χ4v) is 14.1. The first-order valence-corrected chi connectivity index (χ1v) is 29.3. The van der Waals surface area contributed by atoms with Crippen LogP contribution >= 0.6 is 30.9 Å². The maximum atomic E-state index is 14.9. The Morgan fingerprint density at radius 2 is 1.50 bits per heavy atom. The number of hydrogen-bond donors (Lipinski definition) is 3. The van der Waals surface area contributed by atoms with Gasteiger partial charge < -0.3 is 39.3 Å². The lowest BCUT2D eigenvalue weighted by atomic mass is 9.96. The monoisotopic (exact) mass is 1050 g/mol. The Morgan fingerprint density at radius 1 is 0.833 bits per heavy atom. The van der Waals surface area contributed by atoms with Crippen molar-refractivity contribution in [3.8, 4) is 22.4 Å². The average Bonchev–Trinajstić information content (AvgIpc) is 3.93. The van der Waals surface area contributed by atoms with E-state index >= 15 is 0 Å². The van der Waals surface area contributed by atoms with E-state index in [1.807, 2.05) is 85.8 Å². The van der Waals surface area contributed by atoms with Gasteiger partial charge in [0, 0.05) is 109 Å². The number of rotatable bonds is 17. The van der Waals surface area contributed by atoms with Crippen LogP contribution in [0.1, 0.15) is 55.2 Å². The van der Waals surface area contributed by atoms with Crippen LogP contribution in [0.5, 0.6) is 0 Å². The first-order valence-electron chi connectivity index (χ1n) is 24.5. The smallest absolute Gasteiger partial charge is 0.377 e. The molecule has 5 aromatic carbocycles. The molecule has 0 radical (unpaired) electrons. The molecule has 6 aromatic rings. The second kappa shape index (κ2) is 21.8. The first kappa shape index (κ1) is 51.2. The Morgan fingerprint density at radius 3 is 2.15 bits per heavy atom. The molecule has 9 rings (SSSR count). The van der Waals surface area contributed by atoms with E-state index in [1.165, 1.54) is 18.6 Å². The number of benzene rings is 5. The molecule has 2 saturated heterocycles. The quantitative estimate of drug-likeness (QED) is 0.0588. The van der Waals surface area contributed by atoms with Gasteiger partial charge in [0.1, 0.15) is 6.26 Å². The summed E-state index contributed by atoms with van der Waals surface area (Å²) in [4.78, 5) is 21.1. The van der Waals surface area contributed by atoms with E-state index in [9.17, 15) is 28.0 Å². The third kappa shape index (κ3) is 11.1. The minimum atomic E-state index is -3.81. The maximum Gasteiger partial charge on any atom is 0.377 e. The van der Waals surface area contributed by atoms with Crippen molar-refractivity contribution in [3.63, 3.8) is 0 Å². The molecule has 0 saturated carbocycles. The zero-order chi connectivity index (χ0) is 50.7. The minimum Gasteiger partial charge on any atom is -0.478 e. The van der Waals surface area contributed by atoms with Crippen molar-refractivity contribution >= 4 is 74.7 Å². The van der Waals surface area contributed by atoms with Gasteiger partial charge in [0.05, 0.1) is 38.9 Å². The van der Waals surface area contributed by atoms with E-state index in [4.69, 9.17) is 16.1 Å². The van der Waals surface area contributed by atoms with Crippen LogP contribution in [0.25, 0.3) is 22.4 Å². The second-order valence-electron chi connectivity index (χ2n) is 19.0. The number of aliphatic hydroxyl groups excluding tert-OH is 1. The predicted octanol–water partition coefficient (Wildman–Crippen LogP) is 11.0. The highest BCUT2D eigenvalue weighted by atomic mass is 35.5. The van der Waals surface area contributed by atoms with E-state index in [1.54, 1.807) is 34.8 Å². The molecule has 0 spiro atoms. The molecule has 0 amide bonds. The molecule has 378 valence electrons. The molecular weight excluding hydrogens is 987 g/mol. The van der Waals surface area contributed by atoms with Gasteiger partial charge in [-0.05, 0) is 130 Å². The van der Waals surface area contributed by atoms with Gasteiger partial charge in [0.25, 0.3) is 0 Å². The Kier molecular flexibility index (Phi) is 15.5. The number of carboxylic acid groups (broad SMARTS) is 1. The number of halogens is 1. The zero-order valence-electron chi connectivity index (χ0n) is 41.0. The number of carbonyl (C=O) groups is 1. The lowest BCUT2D eigenvalue weighted by molar-refractivity contribution is 0.0696. The standard InChI is InChI=1S/C55H62ClN6O7PS2/c1-38(2)62-39(3)52(55(64)65)53(54(62)40-13-15-42(56)16-14-40)41-9-8-10-46(35-41)60-31-29-59(30-32-60)44-17-19-45(20-18-44)61-33-34-69-70(61,66)48-21-22-50(51(36-48)72(4,67)68)57-43(37-71-49-11-6-5-7-12-49)23-26-58-27-24-47(63)25-28-58/h5-22,33-36,38,43,47,57,63H,23-32,37H2,1-4H3,(H,64,65)/t43?,70-/m0/s1. The van der Waals surface area contributed by atoms with Crippen molar-refractivity contribution in [1.82, 2.24) is 9.47 Å². The number of likely N-dealkylation sites (tertiary alicyclic amines) is 1. The molecule has 13 nitrogen and oxygen atoms in total. The number of piperidine rings is 1. The van der Waals surface area contributed by atoms with Crippen LogP contribution in [0.4, 0.5) is 22.7 Å². The molecule has 0 bridgehead atoms. The Hall–Kier alpha value is -5.67. The van der Waals surface area contributed by atoms with Crippen LogP contribution in [-0.4, -0.2) is 104 Å². The molecule has 17 heteroatoms. The van der Waals surface area contributed by atoms with Crippen molar-refractivity contribution in [2.75, 3.05) is 77.6 Å². The summed E-state index contributed by atoms with van der Waals surface area (Å²) in [5, 5.41) is 25.1. The number of sulfone groups is 1. The molecule has 4 heterocycles. The highest BCUT2D eigenvalue weighted by Crippen LogP contribution is 2.56. The topological polar surface area (TPSA) is 148 Å². The number of carboxylic acids is 1. The van der Waals surface area contributed by atoms with Crippen LogP contribution < -0.4 is 25.1 Å². The van der Waals surface area contributed by atoms with Gasteiger partial charge in [0.15, 0.2) is 9.84 Å². The average molecular weight is 1050 g/mol. The Bertz CT molecular complexity index is 3080. The number of piperazine rings is 1. The molecule has 3 aliphatic heterocycles. The largest absolute Gasteiger partial charge is 0.478 e. The molecule has 0 aliphatic carbocycles. The molecule has 3 N–H and O–H groups in total. The SMILES string of the molecule is Cc1c(C(=O)O)c(-c2cccc(N3CCN(c4ccc(N5C=CO[P@@]5(=O)c5ccc(NC(CCN6CCC(O)CC6)CSc6ccccc6)c(S(C)(=O)=O)c5)cc4)CC3)c2)c(-c2ccc(Cl)cc2)n1C(C)C. The second-order valence-corrected chi connectivity index (χ2v) is 24.7. The maximum absolute atomic E-state index is 14.9. The normalized spacial score (nSPS) is 18.2. The molecule has 1 unspecified atom stereocenters. The van der Waals surface area contributed by atoms with E-state index in [-0.39, 0.29) is 34.0 Å². The summed E-state index contributed by atoms with van der Waals surface area (Å²) in [7, 11) is -7.59. The highest BCUT2D eigenvalue weighted by molar-refractivity contribution is 7.99. The van der Waals surface area contributed by atoms with Gasteiger partial charge in [-0.15, -0.1) is 11.8 Å². The number of anilines is 4. The number of nitrogens with zero attached hydrogens (tertiary/aromatic N) is 5. The molecular formula is C55H62ClN6O7PS2. The fraction of sp³-hybridized carbons (Fsp3) is 0.327. The van der Waals surface area contributed by atoms with Gasteiger partial charge in [-0.25, -0.2) is 17.8 Å². The Balaban J connectivity index is 0.897. The van der Waals surface area contributed by atoms with Crippen LogP contribution in [0.15, 0.2) is 144 Å². The zero-order valence-corrected chi connectivity index (χ0v) is 44.3. The summed E-state index contributed by atoms with van der Waals surface area (Å²) in [6.07, 6.45) is 6.18. The number of thioether (sulfide) groups is 1. The van der Waals surface area contributed by atoms with Crippen LogP contribution in [0, 0.1) is 6.92 Å². The van der Waals surface area contributed by atoms with Gasteiger partial charge in [-0.2, -0.15) is 0 Å². The van der Waals surface area contributed by atoms with Crippen LogP contribution in [0.3, 0.4) is 0 Å². The van der Waals surface area contributed by atoms with Crippen LogP contribution in [-0.2, 0) is 18.9 Å². The predicted molar refractivity (Wildman–Crippen MR) is 294 cm³/mol. The molecule has 2 fully saturated rings. The summed E-state index contributed by atoms with van der Waals surface area (Å²) in [6.45, 7) is 11.4. The van der Waals surface area contributed by atoms with Gasteiger partial charge >= 0.3 is 13.5 Å². The molecule has 2 atom stereocenters. The number of hydrogen-bond acceptors (Lipinski definition) is 11. The summed E-state index contributed by atoms with van der Waals surface area (Å²) in [5.41, 5.74) is 7.33. The molecule has 1 aromatic heterocycles. The summed E-state index contributed by atoms with van der Waals surface area (Å²) in [5.74, 6) is -0.273. The summed E-state index contributed by atoms with van der Waals surface area (Å²) >= 11 is 7.99. The van der Waals surface area contributed by atoms with E-state index in [0.29, 0.717) is 33.4 Å². The molecule has 3 aliphatic rings. The van der Waals surface area contributed by atoms with Crippen molar-refractivity contribution in [3.05, 3.63) is 150 Å². The van der Waals surface area contributed by atoms with Crippen molar-refractivity contribution in [2.45, 2.75) is 68.0 Å². The van der Waals surface area contributed by atoms with Crippen molar-refractivity contribution in [1.29, 1.82) is 0 Å². The lowest BCUT2D eigenvalue weighted by Crippen LogP contribution is -2.46. The summed E-state index contributed by atoms with van der Waals surface area (Å²) < 4.78 is 51.5. The Labute approximate surface area is 432 Å². The van der Waals surface area contributed by atoms with E-state index in [0.717, 1.165) is 98.2 Å². The number of aliphatic hydroxyl groups is 1. The third-order valence-corrected chi connectivity index (χ3v) is 18.7. The number of aromatic nitrogens is 1. The minimum absolute atomic E-state index is 0.0140. The van der Waals surface area contributed by atoms with Gasteiger partial charge in [0.2, 0.25) is 0 Å². The number of nitrogens with one attached hydrogen (secondary N) is 1. The lowest BCUT2D eigenvalue weighted by Gasteiger charge is -2.37. The molecule has 72 heavy (non-hydrogen) atoms. The first-order chi connectivity index (χ1) is 34.6. The van der Waals surface area contributed by atoms with E-state index < -0.39 is 23.3 Å². The third-order valence-electron chi connectivity index (χ3n) is 13.8. The van der Waals surface area contributed by atoms with Crippen LogP contribution in [0.2, 0.25) is 5.02 Å². The van der Waals surface area contributed by atoms with Crippen molar-refractivity contribution in [2.24, 2.45) is 0 Å². The van der Waals surface area contributed by atoms with Crippen molar-refractivity contribution < 1.29 is 32.5 Å². The highest BCUT2D eigenvalue weighted by Gasteiger charge is 2.39. The van der Waals surface area contributed by atoms with E-state index in [2.05, 4.69) is 62.7 Å². The summed E-state index contributed by atoms with van der Waals surface area (Å²) in [6, 6.07) is 38.5. The number of aromatic carboxylic acids is 1. The fourth-order valence-electron chi connectivity index (χ4n) is 10.1. The van der Waals surface area contributed by atoms with Gasteiger partial charge in [-0.1, -0.05) is 54.1 Å².